The highest BCUT2D eigenvalue weighted by molar-refractivity contribution is 5.54. The SMILES string of the molecule is N#Cc1cccnc1N(CCO)C1CCCCC1. The van der Waals surface area contributed by atoms with Crippen molar-refractivity contribution in [2.75, 3.05) is 18.1 Å². The summed E-state index contributed by atoms with van der Waals surface area (Å²) in [6, 6.07) is 6.16. The maximum Gasteiger partial charge on any atom is 0.146 e. The van der Waals surface area contributed by atoms with Gasteiger partial charge in [-0.15, -0.1) is 0 Å². The van der Waals surface area contributed by atoms with Gasteiger partial charge in [0.25, 0.3) is 0 Å². The van der Waals surface area contributed by atoms with Crippen LogP contribution in [0, 0.1) is 11.3 Å². The number of pyridine rings is 1. The predicted molar refractivity (Wildman–Crippen MR) is 70.3 cm³/mol. The van der Waals surface area contributed by atoms with E-state index < -0.39 is 0 Å². The number of nitriles is 1. The molecule has 1 N–H and O–H groups in total. The normalized spacial score (nSPS) is 16.2. The van der Waals surface area contributed by atoms with Crippen molar-refractivity contribution in [3.63, 3.8) is 0 Å². The van der Waals surface area contributed by atoms with Crippen LogP contribution in [-0.4, -0.2) is 29.3 Å². The fraction of sp³-hybridized carbons (Fsp3) is 0.571. The van der Waals surface area contributed by atoms with Crippen LogP contribution in [0.1, 0.15) is 37.7 Å². The van der Waals surface area contributed by atoms with E-state index in [1.807, 2.05) is 0 Å². The first-order valence-electron chi connectivity index (χ1n) is 6.59. The molecule has 0 aliphatic heterocycles. The van der Waals surface area contributed by atoms with Crippen molar-refractivity contribution in [1.82, 2.24) is 4.98 Å². The molecule has 1 fully saturated rings. The summed E-state index contributed by atoms with van der Waals surface area (Å²) in [4.78, 5) is 6.44. The van der Waals surface area contributed by atoms with Crippen molar-refractivity contribution in [3.8, 4) is 6.07 Å². The molecule has 0 atom stereocenters. The molecule has 0 saturated heterocycles. The number of aliphatic hydroxyl groups is 1. The Morgan fingerprint density at radius 3 is 2.83 bits per heavy atom. The van der Waals surface area contributed by atoms with Crippen LogP contribution in [-0.2, 0) is 0 Å². The van der Waals surface area contributed by atoms with E-state index in [9.17, 15) is 5.11 Å². The van der Waals surface area contributed by atoms with Gasteiger partial charge in [-0.1, -0.05) is 19.3 Å². The molecule has 0 unspecified atom stereocenters. The zero-order valence-electron chi connectivity index (χ0n) is 10.5. The van der Waals surface area contributed by atoms with E-state index in [-0.39, 0.29) is 6.61 Å². The largest absolute Gasteiger partial charge is 0.395 e. The van der Waals surface area contributed by atoms with Gasteiger partial charge in [-0.3, -0.25) is 0 Å². The van der Waals surface area contributed by atoms with Gasteiger partial charge in [0.15, 0.2) is 0 Å². The molecule has 4 heteroatoms. The molecule has 1 aromatic rings. The highest BCUT2D eigenvalue weighted by Gasteiger charge is 2.23. The summed E-state index contributed by atoms with van der Waals surface area (Å²) in [7, 11) is 0. The molecule has 2 rings (SSSR count). The molecular formula is C14H19N3O. The minimum atomic E-state index is 0.0952. The molecule has 1 aliphatic carbocycles. The Bertz CT molecular complexity index is 421. The van der Waals surface area contributed by atoms with Crippen molar-refractivity contribution in [2.45, 2.75) is 38.1 Å². The summed E-state index contributed by atoms with van der Waals surface area (Å²) in [6.07, 6.45) is 7.70. The number of nitrogens with zero attached hydrogens (tertiary/aromatic N) is 3. The molecule has 1 heterocycles. The van der Waals surface area contributed by atoms with Gasteiger partial charge in [-0.25, -0.2) is 4.98 Å². The van der Waals surface area contributed by atoms with E-state index in [2.05, 4.69) is 16.0 Å². The number of rotatable bonds is 4. The molecule has 18 heavy (non-hydrogen) atoms. The lowest BCUT2D eigenvalue weighted by atomic mass is 9.94. The van der Waals surface area contributed by atoms with Gasteiger partial charge in [-0.2, -0.15) is 5.26 Å². The van der Waals surface area contributed by atoms with Gasteiger partial charge in [0.1, 0.15) is 11.9 Å². The fourth-order valence-electron chi connectivity index (χ4n) is 2.67. The van der Waals surface area contributed by atoms with Crippen molar-refractivity contribution in [2.24, 2.45) is 0 Å². The summed E-state index contributed by atoms with van der Waals surface area (Å²) >= 11 is 0. The first-order valence-corrected chi connectivity index (χ1v) is 6.59. The number of anilines is 1. The third-order valence-corrected chi connectivity index (χ3v) is 3.54. The van der Waals surface area contributed by atoms with Crippen molar-refractivity contribution < 1.29 is 5.11 Å². The average molecular weight is 245 g/mol. The smallest absolute Gasteiger partial charge is 0.146 e. The van der Waals surface area contributed by atoms with Crippen molar-refractivity contribution in [1.29, 1.82) is 5.26 Å². The molecule has 1 aromatic heterocycles. The molecule has 0 aromatic carbocycles. The lowest BCUT2D eigenvalue weighted by Crippen LogP contribution is -2.39. The van der Waals surface area contributed by atoms with E-state index in [1.54, 1.807) is 18.3 Å². The Balaban J connectivity index is 2.25. The maximum atomic E-state index is 9.24. The summed E-state index contributed by atoms with van der Waals surface area (Å²) in [5, 5.41) is 18.4. The van der Waals surface area contributed by atoms with Gasteiger partial charge in [0.2, 0.25) is 0 Å². The molecule has 0 bridgehead atoms. The van der Waals surface area contributed by atoms with E-state index in [4.69, 9.17) is 5.26 Å². The second kappa shape index (κ2) is 6.36. The zero-order chi connectivity index (χ0) is 12.8. The fourth-order valence-corrected chi connectivity index (χ4v) is 2.67. The van der Waals surface area contributed by atoms with Crippen molar-refractivity contribution >= 4 is 5.82 Å². The highest BCUT2D eigenvalue weighted by Crippen LogP contribution is 2.27. The molecule has 1 aliphatic rings. The van der Waals surface area contributed by atoms with Crippen LogP contribution >= 0.6 is 0 Å². The van der Waals surface area contributed by atoms with Gasteiger partial charge in [0.05, 0.1) is 12.2 Å². The summed E-state index contributed by atoms with van der Waals surface area (Å²) in [5.41, 5.74) is 0.594. The monoisotopic (exact) mass is 245 g/mol. The third kappa shape index (κ3) is 2.80. The second-order valence-electron chi connectivity index (χ2n) is 4.70. The first-order chi connectivity index (χ1) is 8.86. The number of hydrogen-bond acceptors (Lipinski definition) is 4. The average Bonchev–Trinajstić information content (AvgIpc) is 2.46. The van der Waals surface area contributed by atoms with Gasteiger partial charge < -0.3 is 10.0 Å². The molecule has 0 amide bonds. The van der Waals surface area contributed by atoms with Crippen LogP contribution in [0.4, 0.5) is 5.82 Å². The molecule has 96 valence electrons. The number of aliphatic hydroxyl groups excluding tert-OH is 1. The van der Waals surface area contributed by atoms with E-state index in [0.717, 1.165) is 18.7 Å². The minimum Gasteiger partial charge on any atom is -0.395 e. The Labute approximate surface area is 108 Å². The lowest BCUT2D eigenvalue weighted by molar-refractivity contribution is 0.289. The molecule has 4 nitrogen and oxygen atoms in total. The number of hydrogen-bond donors (Lipinski definition) is 1. The second-order valence-corrected chi connectivity index (χ2v) is 4.70. The maximum absolute atomic E-state index is 9.24. The molecule has 0 spiro atoms. The van der Waals surface area contributed by atoms with Crippen molar-refractivity contribution in [3.05, 3.63) is 23.9 Å². The van der Waals surface area contributed by atoms with E-state index >= 15 is 0 Å². The minimum absolute atomic E-state index is 0.0952. The van der Waals surface area contributed by atoms with Crippen LogP contribution in [0.3, 0.4) is 0 Å². The quantitative estimate of drug-likeness (QED) is 0.882. The topological polar surface area (TPSA) is 60.2 Å². The van der Waals surface area contributed by atoms with Gasteiger partial charge >= 0.3 is 0 Å². The summed E-state index contributed by atoms with van der Waals surface area (Å²) < 4.78 is 0. The number of aromatic nitrogens is 1. The first kappa shape index (κ1) is 12.8. The molecular weight excluding hydrogens is 226 g/mol. The third-order valence-electron chi connectivity index (χ3n) is 3.54. The standard InChI is InChI=1S/C14H19N3O/c15-11-12-5-4-8-16-14(12)17(9-10-18)13-6-2-1-3-7-13/h4-5,8,13,18H,1-3,6-7,9-10H2. The van der Waals surface area contributed by atoms with E-state index in [0.29, 0.717) is 18.2 Å². The Morgan fingerprint density at radius 1 is 1.39 bits per heavy atom. The van der Waals surface area contributed by atoms with Crippen LogP contribution in [0.2, 0.25) is 0 Å². The van der Waals surface area contributed by atoms with Crippen LogP contribution < -0.4 is 4.90 Å². The lowest BCUT2D eigenvalue weighted by Gasteiger charge is -2.35. The Kier molecular flexibility index (Phi) is 4.54. The van der Waals surface area contributed by atoms with E-state index in [1.165, 1.54) is 19.3 Å². The summed E-state index contributed by atoms with van der Waals surface area (Å²) in [6.45, 7) is 0.647. The predicted octanol–water partition coefficient (Wildman–Crippen LogP) is 2.08. The molecule has 1 saturated carbocycles. The van der Waals surface area contributed by atoms with Crippen LogP contribution in [0.15, 0.2) is 18.3 Å². The summed E-state index contributed by atoms with van der Waals surface area (Å²) in [5.74, 6) is 0.723. The Morgan fingerprint density at radius 2 is 2.17 bits per heavy atom. The zero-order valence-corrected chi connectivity index (χ0v) is 10.5. The van der Waals surface area contributed by atoms with Crippen LogP contribution in [0.5, 0.6) is 0 Å². The molecule has 0 radical (unpaired) electrons. The van der Waals surface area contributed by atoms with Gasteiger partial charge in [-0.05, 0) is 25.0 Å². The van der Waals surface area contributed by atoms with Crippen LogP contribution in [0.25, 0.3) is 0 Å². The van der Waals surface area contributed by atoms with Gasteiger partial charge in [0, 0.05) is 18.8 Å². The highest BCUT2D eigenvalue weighted by atomic mass is 16.3. The Hall–Kier alpha value is -1.60.